The van der Waals surface area contributed by atoms with Crippen LogP contribution in [0.4, 0.5) is 11.9 Å². The minimum Gasteiger partial charge on any atom is -0.324 e. The molecule has 7 nitrogen and oxygen atoms in total. The number of allylic oxidation sites excluding steroid dienone is 3. The molecule has 0 unspecified atom stereocenters. The van der Waals surface area contributed by atoms with Crippen molar-refractivity contribution in [2.24, 2.45) is 11.8 Å². The van der Waals surface area contributed by atoms with E-state index in [0.717, 1.165) is 21.7 Å². The van der Waals surface area contributed by atoms with E-state index in [0.29, 0.717) is 28.8 Å². The van der Waals surface area contributed by atoms with Crippen LogP contribution in [0.1, 0.15) is 30.0 Å². The highest BCUT2D eigenvalue weighted by atomic mass is 35.5. The van der Waals surface area contributed by atoms with Crippen molar-refractivity contribution in [3.63, 3.8) is 0 Å². The summed E-state index contributed by atoms with van der Waals surface area (Å²) in [4.78, 5) is 31.9. The molecule has 1 aliphatic carbocycles. The van der Waals surface area contributed by atoms with Crippen LogP contribution in [0.15, 0.2) is 66.8 Å². The summed E-state index contributed by atoms with van der Waals surface area (Å²) in [6.45, 7) is 0. The molecule has 2 aliphatic heterocycles. The van der Waals surface area contributed by atoms with Crippen LogP contribution in [-0.4, -0.2) is 26.6 Å². The summed E-state index contributed by atoms with van der Waals surface area (Å²) in [5.74, 6) is -0.637. The number of aromatic nitrogens is 3. The molecule has 2 aromatic carbocycles. The number of anilines is 2. The van der Waals surface area contributed by atoms with E-state index in [1.54, 1.807) is 4.68 Å². The van der Waals surface area contributed by atoms with Crippen molar-refractivity contribution < 1.29 is 9.59 Å². The highest BCUT2D eigenvalue weighted by Gasteiger charge is 2.49. The largest absolute Gasteiger partial charge is 0.324 e. The van der Waals surface area contributed by atoms with Gasteiger partial charge in [-0.1, -0.05) is 59.6 Å². The molecule has 170 valence electrons. The number of imide groups is 1. The zero-order chi connectivity index (χ0) is 23.4. The van der Waals surface area contributed by atoms with Crippen LogP contribution in [0.2, 0.25) is 10.0 Å². The highest BCUT2D eigenvalue weighted by molar-refractivity contribution is 6.30. The standard InChI is InChI=1S/C25H19Cl2N5O2/c26-16-9-5-14(6-10-16)20-13-21(15-7-11-17(27)12-8-15)32-24(28-20)29-25(30-32)31-22(33)18-3-1-2-4-19(18)23(31)34/h1-2,5-13,18-19,21H,3-4H2,(H,28,29,30)/t18-,19-,21-/m1/s1. The quantitative estimate of drug-likeness (QED) is 0.407. The third kappa shape index (κ3) is 3.43. The maximum absolute atomic E-state index is 13.1. The zero-order valence-corrected chi connectivity index (χ0v) is 19.4. The molecule has 3 aliphatic rings. The molecule has 34 heavy (non-hydrogen) atoms. The van der Waals surface area contributed by atoms with Gasteiger partial charge in [-0.25, -0.2) is 9.58 Å². The molecule has 1 aromatic heterocycles. The molecule has 0 spiro atoms. The minimum absolute atomic E-state index is 0.0941. The Kier molecular flexibility index (Phi) is 5.04. The van der Waals surface area contributed by atoms with E-state index in [1.807, 2.05) is 66.8 Å². The Morgan fingerprint density at radius 1 is 0.853 bits per heavy atom. The van der Waals surface area contributed by atoms with Gasteiger partial charge in [-0.3, -0.25) is 9.59 Å². The normalized spacial score (nSPS) is 23.4. The van der Waals surface area contributed by atoms with Gasteiger partial charge in [0.1, 0.15) is 6.04 Å². The first-order valence-corrected chi connectivity index (χ1v) is 11.7. The number of rotatable bonds is 3. The number of carbonyl (C=O) groups excluding carboxylic acids is 2. The second kappa shape index (κ2) is 8.11. The molecule has 1 saturated heterocycles. The van der Waals surface area contributed by atoms with Crippen LogP contribution in [0.5, 0.6) is 0 Å². The van der Waals surface area contributed by atoms with Crippen LogP contribution in [0, 0.1) is 11.8 Å². The molecule has 1 fully saturated rings. The van der Waals surface area contributed by atoms with E-state index >= 15 is 0 Å². The Labute approximate surface area is 205 Å². The molecule has 3 heterocycles. The lowest BCUT2D eigenvalue weighted by Crippen LogP contribution is -2.32. The van der Waals surface area contributed by atoms with Crippen molar-refractivity contribution in [1.82, 2.24) is 14.8 Å². The molecule has 3 atom stereocenters. The number of nitrogens with zero attached hydrogens (tertiary/aromatic N) is 4. The van der Waals surface area contributed by atoms with E-state index in [2.05, 4.69) is 15.4 Å². The fraction of sp³-hybridized carbons (Fsp3) is 0.200. The van der Waals surface area contributed by atoms with Gasteiger partial charge < -0.3 is 5.32 Å². The fourth-order valence-corrected chi connectivity index (χ4v) is 5.02. The molecule has 3 aromatic rings. The van der Waals surface area contributed by atoms with Gasteiger partial charge in [-0.05, 0) is 54.3 Å². The number of nitrogens with one attached hydrogen (secondary N) is 1. The Bertz CT molecular complexity index is 1330. The summed E-state index contributed by atoms with van der Waals surface area (Å²) in [6.07, 6.45) is 7.07. The predicted molar refractivity (Wildman–Crippen MR) is 131 cm³/mol. The van der Waals surface area contributed by atoms with Gasteiger partial charge in [-0.15, -0.1) is 5.10 Å². The molecule has 9 heteroatoms. The zero-order valence-electron chi connectivity index (χ0n) is 17.9. The first-order chi connectivity index (χ1) is 16.5. The molecular weight excluding hydrogens is 473 g/mol. The number of hydrogen-bond acceptors (Lipinski definition) is 5. The van der Waals surface area contributed by atoms with E-state index in [4.69, 9.17) is 23.2 Å². The summed E-state index contributed by atoms with van der Waals surface area (Å²) >= 11 is 12.2. The Balaban J connectivity index is 1.42. The summed E-state index contributed by atoms with van der Waals surface area (Å²) in [5.41, 5.74) is 2.68. The van der Waals surface area contributed by atoms with Crippen molar-refractivity contribution in [2.45, 2.75) is 18.9 Å². The Morgan fingerprint density at radius 3 is 2.06 bits per heavy atom. The van der Waals surface area contributed by atoms with E-state index < -0.39 is 0 Å². The van der Waals surface area contributed by atoms with E-state index in [1.165, 1.54) is 0 Å². The molecule has 0 radical (unpaired) electrons. The molecule has 6 rings (SSSR count). The Hall–Kier alpha value is -3.42. The molecular formula is C25H19Cl2N5O2. The smallest absolute Gasteiger partial charge is 0.260 e. The van der Waals surface area contributed by atoms with Gasteiger partial charge in [0.15, 0.2) is 0 Å². The lowest BCUT2D eigenvalue weighted by atomic mass is 9.85. The van der Waals surface area contributed by atoms with Crippen LogP contribution < -0.4 is 10.2 Å². The molecule has 0 bridgehead atoms. The summed E-state index contributed by atoms with van der Waals surface area (Å²) in [5, 5.41) is 9.19. The predicted octanol–water partition coefficient (Wildman–Crippen LogP) is 5.10. The summed E-state index contributed by atoms with van der Waals surface area (Å²) < 4.78 is 1.69. The van der Waals surface area contributed by atoms with Crippen LogP contribution >= 0.6 is 23.2 Å². The van der Waals surface area contributed by atoms with Crippen molar-refractivity contribution in [3.8, 4) is 0 Å². The van der Waals surface area contributed by atoms with Gasteiger partial charge in [0.25, 0.3) is 5.95 Å². The monoisotopic (exact) mass is 491 g/mol. The number of amides is 2. The SMILES string of the molecule is O=C1[C@@H]2CC=CC[C@H]2C(=O)N1c1nc2n(n1)[C@@H](c1ccc(Cl)cc1)C=C(c1ccc(Cl)cc1)N2. The van der Waals surface area contributed by atoms with Gasteiger partial charge in [0.2, 0.25) is 17.8 Å². The average Bonchev–Trinajstić information content (AvgIpc) is 3.38. The first kappa shape index (κ1) is 21.1. The number of halogens is 2. The van der Waals surface area contributed by atoms with Gasteiger partial charge >= 0.3 is 0 Å². The average molecular weight is 492 g/mol. The third-order valence-corrected chi connectivity index (χ3v) is 7.03. The van der Waals surface area contributed by atoms with Crippen LogP contribution in [0.3, 0.4) is 0 Å². The first-order valence-electron chi connectivity index (χ1n) is 11.0. The van der Waals surface area contributed by atoms with Crippen molar-refractivity contribution in [1.29, 1.82) is 0 Å². The Morgan fingerprint density at radius 2 is 1.44 bits per heavy atom. The molecule has 2 amide bonds. The topological polar surface area (TPSA) is 80.1 Å². The van der Waals surface area contributed by atoms with E-state index in [-0.39, 0.29) is 35.6 Å². The number of hydrogen-bond donors (Lipinski definition) is 1. The molecule has 1 N–H and O–H groups in total. The summed E-state index contributed by atoms with van der Waals surface area (Å²) in [7, 11) is 0. The van der Waals surface area contributed by atoms with Gasteiger partial charge in [-0.2, -0.15) is 4.98 Å². The third-order valence-electron chi connectivity index (χ3n) is 6.53. The highest BCUT2D eigenvalue weighted by Crippen LogP contribution is 2.39. The minimum atomic E-state index is -0.346. The van der Waals surface area contributed by atoms with Crippen molar-refractivity contribution in [3.05, 3.63) is 87.9 Å². The number of carbonyl (C=O) groups is 2. The summed E-state index contributed by atoms with van der Waals surface area (Å²) in [6, 6.07) is 14.6. The fourth-order valence-electron chi connectivity index (χ4n) is 4.77. The van der Waals surface area contributed by atoms with Gasteiger partial charge in [0, 0.05) is 15.7 Å². The second-order valence-electron chi connectivity index (χ2n) is 8.56. The lowest BCUT2D eigenvalue weighted by Gasteiger charge is -2.24. The van der Waals surface area contributed by atoms with Crippen LogP contribution in [-0.2, 0) is 9.59 Å². The van der Waals surface area contributed by atoms with Crippen molar-refractivity contribution >= 4 is 52.6 Å². The number of benzene rings is 2. The van der Waals surface area contributed by atoms with Crippen LogP contribution in [0.25, 0.3) is 5.70 Å². The van der Waals surface area contributed by atoms with Gasteiger partial charge in [0.05, 0.1) is 11.8 Å². The maximum Gasteiger partial charge on any atom is 0.260 e. The lowest BCUT2D eigenvalue weighted by molar-refractivity contribution is -0.122. The maximum atomic E-state index is 13.1. The number of fused-ring (bicyclic) bond motifs is 2. The molecule has 0 saturated carbocycles. The second-order valence-corrected chi connectivity index (χ2v) is 9.43. The van der Waals surface area contributed by atoms with E-state index in [9.17, 15) is 9.59 Å². The van der Waals surface area contributed by atoms with Crippen molar-refractivity contribution in [2.75, 3.05) is 10.2 Å².